The second kappa shape index (κ2) is 8.98. The van der Waals surface area contributed by atoms with Gasteiger partial charge in [0.2, 0.25) is 0 Å². The van der Waals surface area contributed by atoms with Crippen molar-refractivity contribution in [3.63, 3.8) is 0 Å². The fraction of sp³-hybridized carbons (Fsp3) is 0.333. The third-order valence-corrected chi connectivity index (χ3v) is 8.08. The monoisotopic (exact) mass is 460 g/mol. The number of aliphatic hydroxyl groups is 1. The number of rotatable bonds is 5. The van der Waals surface area contributed by atoms with E-state index < -0.39 is 0 Å². The predicted octanol–water partition coefficient (Wildman–Crippen LogP) is 5.57. The third kappa shape index (κ3) is 4.62. The van der Waals surface area contributed by atoms with Gasteiger partial charge in [-0.15, -0.1) is 0 Å². The van der Waals surface area contributed by atoms with Crippen molar-refractivity contribution in [2.75, 3.05) is 6.61 Å². The second-order valence-electron chi connectivity index (χ2n) is 7.50. The number of ether oxygens (including phenoxy) is 1. The van der Waals surface area contributed by atoms with Gasteiger partial charge in [-0.05, 0) is 0 Å². The Bertz CT molecular complexity index is 932. The molecule has 0 spiro atoms. The Morgan fingerprint density at radius 3 is 2.68 bits per heavy atom. The first kappa shape index (κ1) is 19.9. The molecule has 1 saturated heterocycles. The van der Waals surface area contributed by atoms with Gasteiger partial charge in [0.15, 0.2) is 0 Å². The van der Waals surface area contributed by atoms with Crippen LogP contribution in [0.2, 0.25) is 5.02 Å². The summed E-state index contributed by atoms with van der Waals surface area (Å²) in [4.78, 5) is 0. The summed E-state index contributed by atoms with van der Waals surface area (Å²) < 4.78 is 9.00. The van der Waals surface area contributed by atoms with Crippen molar-refractivity contribution in [3.8, 4) is 10.0 Å². The first-order valence-corrected chi connectivity index (χ1v) is 11.9. The molecule has 0 radical (unpaired) electrons. The van der Waals surface area contributed by atoms with Crippen LogP contribution >= 0.6 is 11.6 Å². The molecule has 1 aliphatic rings. The molecule has 4 heteroatoms. The van der Waals surface area contributed by atoms with E-state index in [0.717, 1.165) is 30.7 Å². The normalized spacial score (nSPS) is 19.7. The number of aliphatic hydroxyl groups excluding tert-OH is 1. The molecule has 0 saturated carbocycles. The molecule has 1 aliphatic heterocycles. The van der Waals surface area contributed by atoms with E-state index in [0.29, 0.717) is 14.5 Å². The molecule has 2 nitrogen and oxygen atoms in total. The van der Waals surface area contributed by atoms with E-state index in [1.165, 1.54) is 31.1 Å². The second-order valence-corrected chi connectivity index (χ2v) is 10.4. The van der Waals surface area contributed by atoms with Crippen LogP contribution in [0.25, 0.3) is 10.0 Å². The third-order valence-electron chi connectivity index (χ3n) is 5.45. The van der Waals surface area contributed by atoms with Crippen molar-refractivity contribution >= 4 is 26.1 Å². The minimum atomic E-state index is -0.0180. The molecule has 0 amide bonds. The van der Waals surface area contributed by atoms with E-state index in [-0.39, 0.29) is 18.8 Å². The van der Waals surface area contributed by atoms with Crippen LogP contribution in [0.4, 0.5) is 0 Å². The molecule has 3 aromatic rings. The fourth-order valence-corrected chi connectivity index (χ4v) is 6.09. The van der Waals surface area contributed by atoms with Crippen molar-refractivity contribution in [1.29, 1.82) is 0 Å². The maximum atomic E-state index is 9.43. The van der Waals surface area contributed by atoms with Crippen LogP contribution in [0.1, 0.15) is 46.5 Å². The zero-order valence-electron chi connectivity index (χ0n) is 16.0. The van der Waals surface area contributed by atoms with E-state index in [4.69, 9.17) is 16.3 Å². The van der Waals surface area contributed by atoms with E-state index in [9.17, 15) is 5.11 Å². The van der Waals surface area contributed by atoms with Gasteiger partial charge in [0.1, 0.15) is 0 Å². The Morgan fingerprint density at radius 2 is 1.89 bits per heavy atom. The van der Waals surface area contributed by atoms with E-state index in [2.05, 4.69) is 49.4 Å². The van der Waals surface area contributed by atoms with E-state index >= 15 is 0 Å². The van der Waals surface area contributed by atoms with Crippen LogP contribution in [0.5, 0.6) is 0 Å². The maximum absolute atomic E-state index is 9.43. The SMILES string of the molecule is Cc1ccc(C2CCCC(CO)O2)cc1Cc1ccc(-c2ccc(Cl)cc2)[se]1. The van der Waals surface area contributed by atoms with Gasteiger partial charge >= 0.3 is 178 Å². The van der Waals surface area contributed by atoms with Crippen LogP contribution in [0, 0.1) is 6.92 Å². The summed E-state index contributed by atoms with van der Waals surface area (Å²) in [5.41, 5.74) is 5.23. The van der Waals surface area contributed by atoms with Crippen LogP contribution in [-0.2, 0) is 11.2 Å². The average Bonchev–Trinajstić information content (AvgIpc) is 3.19. The zero-order valence-corrected chi connectivity index (χ0v) is 18.5. The molecule has 28 heavy (non-hydrogen) atoms. The summed E-state index contributed by atoms with van der Waals surface area (Å²) in [6, 6.07) is 19.4. The van der Waals surface area contributed by atoms with Gasteiger partial charge in [-0.3, -0.25) is 0 Å². The Hall–Kier alpha value is -1.35. The van der Waals surface area contributed by atoms with Crippen LogP contribution in [0.3, 0.4) is 0 Å². The van der Waals surface area contributed by atoms with Gasteiger partial charge in [0.25, 0.3) is 0 Å². The Kier molecular flexibility index (Phi) is 6.40. The number of benzene rings is 2. The summed E-state index contributed by atoms with van der Waals surface area (Å²) in [5, 5.41) is 10.2. The van der Waals surface area contributed by atoms with Crippen molar-refractivity contribution in [1.82, 2.24) is 0 Å². The standard InChI is InChI=1S/C24H25ClO2Se/c1-16-5-6-18(23-4-2-3-21(15-26)27-23)13-19(16)14-22-11-12-24(28-22)17-7-9-20(25)10-8-17/h5-13,21,23,26H,2-4,14-15H2,1H3. The number of hydrogen-bond acceptors (Lipinski definition) is 2. The molecule has 1 fully saturated rings. The summed E-state index contributed by atoms with van der Waals surface area (Å²) in [6.45, 7) is 2.30. The molecule has 4 rings (SSSR count). The molecule has 2 atom stereocenters. The van der Waals surface area contributed by atoms with Gasteiger partial charge < -0.3 is 0 Å². The summed E-state index contributed by atoms with van der Waals surface area (Å²) in [5.74, 6) is 0. The van der Waals surface area contributed by atoms with Crippen molar-refractivity contribution < 1.29 is 9.84 Å². The van der Waals surface area contributed by atoms with Crippen LogP contribution in [0.15, 0.2) is 54.6 Å². The van der Waals surface area contributed by atoms with Crippen LogP contribution < -0.4 is 0 Å². The Balaban J connectivity index is 1.52. The van der Waals surface area contributed by atoms with Crippen molar-refractivity contribution in [2.24, 2.45) is 0 Å². The molecule has 0 aliphatic carbocycles. The van der Waals surface area contributed by atoms with Crippen LogP contribution in [-0.4, -0.2) is 32.3 Å². The molecule has 0 bridgehead atoms. The molecule has 2 heterocycles. The van der Waals surface area contributed by atoms with Gasteiger partial charge in [0.05, 0.1) is 0 Å². The zero-order chi connectivity index (χ0) is 19.5. The molecule has 1 aromatic heterocycles. The first-order chi connectivity index (χ1) is 13.6. The van der Waals surface area contributed by atoms with Gasteiger partial charge in [0, 0.05) is 0 Å². The Morgan fingerprint density at radius 1 is 1.07 bits per heavy atom. The first-order valence-electron chi connectivity index (χ1n) is 9.83. The molecule has 146 valence electrons. The van der Waals surface area contributed by atoms with Crippen molar-refractivity contribution in [2.45, 2.75) is 44.8 Å². The molecule has 2 aromatic carbocycles. The van der Waals surface area contributed by atoms with Gasteiger partial charge in [-0.25, -0.2) is 0 Å². The van der Waals surface area contributed by atoms with Gasteiger partial charge in [-0.2, -0.15) is 0 Å². The molecular weight excluding hydrogens is 435 g/mol. The summed E-state index contributed by atoms with van der Waals surface area (Å²) in [7, 11) is 0. The minimum absolute atomic E-state index is 0.0180. The average molecular weight is 460 g/mol. The quantitative estimate of drug-likeness (QED) is 0.506. The molecule has 1 N–H and O–H groups in total. The molecular formula is C24H25ClO2Se. The topological polar surface area (TPSA) is 29.5 Å². The van der Waals surface area contributed by atoms with E-state index in [1.54, 1.807) is 0 Å². The summed E-state index contributed by atoms with van der Waals surface area (Å²) in [6.07, 6.45) is 4.19. The van der Waals surface area contributed by atoms with Crippen molar-refractivity contribution in [3.05, 3.63) is 80.7 Å². The fourth-order valence-electron chi connectivity index (χ4n) is 3.79. The summed E-state index contributed by atoms with van der Waals surface area (Å²) >= 11 is 6.36. The number of aryl methyl sites for hydroxylation is 1. The predicted molar refractivity (Wildman–Crippen MR) is 116 cm³/mol. The Labute approximate surface area is 177 Å². The van der Waals surface area contributed by atoms with Gasteiger partial charge in [-0.1, -0.05) is 0 Å². The number of hydrogen-bond donors (Lipinski definition) is 1. The van der Waals surface area contributed by atoms with E-state index in [1.807, 2.05) is 12.1 Å². The number of halogens is 1. The molecule has 2 unspecified atom stereocenters.